The van der Waals surface area contributed by atoms with Gasteiger partial charge >= 0.3 is 12.6 Å². The molecule has 18 heavy (non-hydrogen) atoms. The van der Waals surface area contributed by atoms with Crippen molar-refractivity contribution >= 4 is 23.2 Å². The summed E-state index contributed by atoms with van der Waals surface area (Å²) in [5, 5.41) is 8.56. The number of likely N-dealkylation sites (N-methyl/N-ethyl adjacent to an activating group) is 1. The maximum atomic E-state index is 12.1. The van der Waals surface area contributed by atoms with Crippen LogP contribution in [0, 0.1) is 6.92 Å². The molecule has 1 amide bonds. The number of hydrogen-bond donors (Lipinski definition) is 1. The van der Waals surface area contributed by atoms with E-state index in [9.17, 15) is 18.4 Å². The highest BCUT2D eigenvalue weighted by Gasteiger charge is 2.23. The van der Waals surface area contributed by atoms with E-state index in [2.05, 4.69) is 4.74 Å². The van der Waals surface area contributed by atoms with Crippen LogP contribution in [-0.2, 0) is 4.79 Å². The Labute approximate surface area is 106 Å². The highest BCUT2D eigenvalue weighted by molar-refractivity contribution is 7.14. The van der Waals surface area contributed by atoms with Crippen molar-refractivity contribution in [1.29, 1.82) is 0 Å². The summed E-state index contributed by atoms with van der Waals surface area (Å²) in [6.07, 6.45) is 0. The first-order valence-corrected chi connectivity index (χ1v) is 5.65. The molecule has 1 heterocycles. The van der Waals surface area contributed by atoms with E-state index in [0.29, 0.717) is 4.88 Å². The van der Waals surface area contributed by atoms with Gasteiger partial charge in [-0.15, -0.1) is 11.3 Å². The number of rotatable bonds is 5. The van der Waals surface area contributed by atoms with Gasteiger partial charge in [-0.05, 0) is 13.0 Å². The van der Waals surface area contributed by atoms with Crippen LogP contribution in [-0.4, -0.2) is 42.1 Å². The summed E-state index contributed by atoms with van der Waals surface area (Å²) < 4.78 is 28.5. The molecule has 0 aromatic carbocycles. The van der Waals surface area contributed by atoms with Crippen molar-refractivity contribution < 1.29 is 28.2 Å². The third-order valence-electron chi connectivity index (χ3n) is 1.95. The fraction of sp³-hybridized carbons (Fsp3) is 0.400. The van der Waals surface area contributed by atoms with Crippen LogP contribution in [0.15, 0.2) is 6.07 Å². The van der Waals surface area contributed by atoms with E-state index >= 15 is 0 Å². The zero-order chi connectivity index (χ0) is 13.9. The first kappa shape index (κ1) is 14.4. The Kier molecular flexibility index (Phi) is 4.60. The maximum absolute atomic E-state index is 12.1. The minimum Gasteiger partial charge on any atom is -0.480 e. The summed E-state index contributed by atoms with van der Waals surface area (Å²) in [7, 11) is 1.28. The number of carbonyl (C=O) groups is 2. The quantitative estimate of drug-likeness (QED) is 0.892. The number of thiophene rings is 1. The molecule has 0 unspecified atom stereocenters. The lowest BCUT2D eigenvalue weighted by atomic mass is 10.3. The molecule has 0 aliphatic rings. The van der Waals surface area contributed by atoms with Crippen molar-refractivity contribution in [2.75, 3.05) is 13.6 Å². The molecule has 0 radical (unpaired) electrons. The van der Waals surface area contributed by atoms with Gasteiger partial charge in [-0.2, -0.15) is 8.78 Å². The van der Waals surface area contributed by atoms with Crippen molar-refractivity contribution in [2.45, 2.75) is 13.5 Å². The van der Waals surface area contributed by atoms with Gasteiger partial charge in [0.2, 0.25) is 0 Å². The average Bonchev–Trinajstić information content (AvgIpc) is 2.56. The molecule has 0 aliphatic carbocycles. The minimum atomic E-state index is -3.03. The molecule has 1 N–H and O–H groups in total. The number of carbonyl (C=O) groups excluding carboxylic acids is 1. The summed E-state index contributed by atoms with van der Waals surface area (Å²) >= 11 is 0.977. The highest BCUT2D eigenvalue weighted by Crippen LogP contribution is 2.31. The smallest absolute Gasteiger partial charge is 0.387 e. The molecule has 100 valence electrons. The summed E-state index contributed by atoms with van der Waals surface area (Å²) in [6.45, 7) is -1.91. The minimum absolute atomic E-state index is 0.0310. The second-order valence-corrected chi connectivity index (χ2v) is 4.74. The van der Waals surface area contributed by atoms with Crippen molar-refractivity contribution in [3.05, 3.63) is 15.8 Å². The first-order chi connectivity index (χ1) is 8.31. The Morgan fingerprint density at radius 2 is 2.17 bits per heavy atom. The number of carboxylic acids is 1. The SMILES string of the molecule is Cc1cc(OC(F)F)c(C(=O)N(C)CC(=O)O)s1. The van der Waals surface area contributed by atoms with Gasteiger partial charge in [-0.25, -0.2) is 0 Å². The van der Waals surface area contributed by atoms with Crippen molar-refractivity contribution in [1.82, 2.24) is 4.90 Å². The van der Waals surface area contributed by atoms with Gasteiger partial charge in [0, 0.05) is 11.9 Å². The molecular formula is C10H11F2NO4S. The van der Waals surface area contributed by atoms with E-state index in [-0.39, 0.29) is 10.6 Å². The third-order valence-corrected chi connectivity index (χ3v) is 2.97. The van der Waals surface area contributed by atoms with Crippen LogP contribution in [0.4, 0.5) is 8.78 Å². The lowest BCUT2D eigenvalue weighted by Gasteiger charge is -2.14. The van der Waals surface area contributed by atoms with E-state index in [1.165, 1.54) is 13.1 Å². The normalized spacial score (nSPS) is 10.5. The number of hydrogen-bond acceptors (Lipinski definition) is 4. The van der Waals surface area contributed by atoms with Crippen LogP contribution < -0.4 is 4.74 Å². The topological polar surface area (TPSA) is 66.8 Å². The second kappa shape index (κ2) is 5.76. The Balaban J connectivity index is 2.94. The van der Waals surface area contributed by atoms with Crippen molar-refractivity contribution in [3.63, 3.8) is 0 Å². The summed E-state index contributed by atoms with van der Waals surface area (Å²) in [5.74, 6) is -2.07. The van der Waals surface area contributed by atoms with E-state index in [1.807, 2.05) is 0 Å². The van der Waals surface area contributed by atoms with Crippen molar-refractivity contribution in [3.8, 4) is 5.75 Å². The standard InChI is InChI=1S/C10H11F2NO4S/c1-5-3-6(17-10(11)12)8(18-5)9(16)13(2)4-7(14)15/h3,10H,4H2,1-2H3,(H,14,15). The Bertz CT molecular complexity index is 461. The van der Waals surface area contributed by atoms with Gasteiger partial charge in [-0.3, -0.25) is 9.59 Å². The number of aliphatic carboxylic acids is 1. The van der Waals surface area contributed by atoms with Gasteiger partial charge in [0.05, 0.1) is 0 Å². The lowest BCUT2D eigenvalue weighted by molar-refractivity contribution is -0.137. The maximum Gasteiger partial charge on any atom is 0.387 e. The largest absolute Gasteiger partial charge is 0.480 e. The number of ether oxygens (including phenoxy) is 1. The van der Waals surface area contributed by atoms with Gasteiger partial charge in [0.15, 0.2) is 0 Å². The molecule has 0 bridgehead atoms. The van der Waals surface area contributed by atoms with Crippen LogP contribution in [0.5, 0.6) is 5.75 Å². The molecule has 0 saturated heterocycles. The molecule has 1 rings (SSSR count). The van der Waals surface area contributed by atoms with Gasteiger partial charge < -0.3 is 14.7 Å². The molecule has 1 aromatic heterocycles. The third kappa shape index (κ3) is 3.66. The van der Waals surface area contributed by atoms with Gasteiger partial charge in [0.1, 0.15) is 17.2 Å². The Morgan fingerprint density at radius 3 is 2.67 bits per heavy atom. The molecule has 1 aromatic rings. The number of nitrogens with zero attached hydrogens (tertiary/aromatic N) is 1. The van der Waals surface area contributed by atoms with E-state index in [1.54, 1.807) is 6.92 Å². The molecule has 5 nitrogen and oxygen atoms in total. The fourth-order valence-electron chi connectivity index (χ4n) is 1.27. The van der Waals surface area contributed by atoms with E-state index in [4.69, 9.17) is 5.11 Å². The highest BCUT2D eigenvalue weighted by atomic mass is 32.1. The van der Waals surface area contributed by atoms with Gasteiger partial charge in [-0.1, -0.05) is 0 Å². The molecule has 0 saturated carbocycles. The predicted molar refractivity (Wildman–Crippen MR) is 60.3 cm³/mol. The summed E-state index contributed by atoms with van der Waals surface area (Å²) in [6, 6.07) is 1.32. The molecule has 8 heteroatoms. The second-order valence-electron chi connectivity index (χ2n) is 3.48. The Morgan fingerprint density at radius 1 is 1.56 bits per heavy atom. The van der Waals surface area contributed by atoms with E-state index in [0.717, 1.165) is 16.2 Å². The van der Waals surface area contributed by atoms with Crippen LogP contribution in [0.25, 0.3) is 0 Å². The zero-order valence-corrected chi connectivity index (χ0v) is 10.5. The zero-order valence-electron chi connectivity index (χ0n) is 9.65. The van der Waals surface area contributed by atoms with Crippen LogP contribution >= 0.6 is 11.3 Å². The van der Waals surface area contributed by atoms with E-state index < -0.39 is 25.0 Å². The number of alkyl halides is 2. The molecule has 0 aliphatic heterocycles. The monoisotopic (exact) mass is 279 g/mol. The van der Waals surface area contributed by atoms with Gasteiger partial charge in [0.25, 0.3) is 5.91 Å². The number of aryl methyl sites for hydroxylation is 1. The average molecular weight is 279 g/mol. The molecule has 0 atom stereocenters. The Hall–Kier alpha value is -1.70. The molecule has 0 spiro atoms. The molecule has 0 fully saturated rings. The fourth-order valence-corrected chi connectivity index (χ4v) is 2.21. The lowest BCUT2D eigenvalue weighted by Crippen LogP contribution is -2.31. The predicted octanol–water partition coefficient (Wildman–Crippen LogP) is 1.81. The summed E-state index contributed by atoms with van der Waals surface area (Å²) in [4.78, 5) is 23.8. The number of amides is 1. The summed E-state index contributed by atoms with van der Waals surface area (Å²) in [5.41, 5.74) is 0. The van der Waals surface area contributed by atoms with Crippen LogP contribution in [0.3, 0.4) is 0 Å². The molecular weight excluding hydrogens is 268 g/mol. The van der Waals surface area contributed by atoms with Crippen LogP contribution in [0.1, 0.15) is 14.5 Å². The first-order valence-electron chi connectivity index (χ1n) is 4.83. The number of carboxylic acid groups (broad SMARTS) is 1. The number of halogens is 2. The van der Waals surface area contributed by atoms with Crippen LogP contribution in [0.2, 0.25) is 0 Å². The van der Waals surface area contributed by atoms with Crippen molar-refractivity contribution in [2.24, 2.45) is 0 Å².